The molecular weight excluding hydrogens is 208 g/mol. The molecule has 2 rings (SSSR count). The van der Waals surface area contributed by atoms with Gasteiger partial charge in [-0.1, -0.05) is 18.2 Å². The van der Waals surface area contributed by atoms with Crippen molar-refractivity contribution in [3.8, 4) is 0 Å². The van der Waals surface area contributed by atoms with Crippen LogP contribution in [-0.2, 0) is 0 Å². The molecule has 1 aromatic rings. The van der Waals surface area contributed by atoms with Crippen molar-refractivity contribution in [2.45, 2.75) is 39.3 Å². The number of nitrogens with zero attached hydrogens (tertiary/aromatic N) is 2. The maximum Gasteiger partial charge on any atom is 0.0389 e. The molecule has 0 amide bonds. The molecule has 1 aliphatic heterocycles. The highest BCUT2D eigenvalue weighted by atomic mass is 15.3. The SMILES string of the molecule is CC1CN(C(C)(C)C)CCN1c1ccccc1. The minimum absolute atomic E-state index is 0.289. The maximum atomic E-state index is 2.58. The van der Waals surface area contributed by atoms with Gasteiger partial charge in [-0.15, -0.1) is 0 Å². The third-order valence-corrected chi connectivity index (χ3v) is 3.66. The largest absolute Gasteiger partial charge is 0.366 e. The Labute approximate surface area is 105 Å². The van der Waals surface area contributed by atoms with Gasteiger partial charge >= 0.3 is 0 Å². The molecule has 2 heteroatoms. The molecule has 2 nitrogen and oxygen atoms in total. The van der Waals surface area contributed by atoms with Gasteiger partial charge in [-0.05, 0) is 39.8 Å². The molecule has 17 heavy (non-hydrogen) atoms. The lowest BCUT2D eigenvalue weighted by atomic mass is 10.0. The molecule has 0 aliphatic carbocycles. The van der Waals surface area contributed by atoms with E-state index in [9.17, 15) is 0 Å². The zero-order valence-corrected chi connectivity index (χ0v) is 11.5. The Hall–Kier alpha value is -1.02. The number of anilines is 1. The molecule has 0 aromatic heterocycles. The Kier molecular flexibility index (Phi) is 3.43. The lowest BCUT2D eigenvalue weighted by Crippen LogP contribution is -2.57. The van der Waals surface area contributed by atoms with Crippen LogP contribution in [0.3, 0.4) is 0 Å². The molecule has 0 spiro atoms. The number of benzene rings is 1. The summed E-state index contributed by atoms with van der Waals surface area (Å²) in [6.45, 7) is 12.7. The van der Waals surface area contributed by atoms with E-state index in [1.807, 2.05) is 0 Å². The summed E-state index contributed by atoms with van der Waals surface area (Å²) < 4.78 is 0. The van der Waals surface area contributed by atoms with Crippen molar-refractivity contribution >= 4 is 5.69 Å². The Morgan fingerprint density at radius 3 is 2.24 bits per heavy atom. The fourth-order valence-electron chi connectivity index (χ4n) is 2.57. The molecule has 0 N–H and O–H groups in total. The topological polar surface area (TPSA) is 6.48 Å². The monoisotopic (exact) mass is 232 g/mol. The van der Waals surface area contributed by atoms with Crippen LogP contribution in [0.2, 0.25) is 0 Å². The van der Waals surface area contributed by atoms with Crippen LogP contribution < -0.4 is 4.90 Å². The van der Waals surface area contributed by atoms with E-state index >= 15 is 0 Å². The normalized spacial score (nSPS) is 22.8. The Balaban J connectivity index is 2.07. The van der Waals surface area contributed by atoms with Crippen LogP contribution in [0.5, 0.6) is 0 Å². The highest BCUT2D eigenvalue weighted by Gasteiger charge is 2.29. The van der Waals surface area contributed by atoms with E-state index in [1.165, 1.54) is 5.69 Å². The van der Waals surface area contributed by atoms with Crippen LogP contribution in [0.25, 0.3) is 0 Å². The van der Waals surface area contributed by atoms with E-state index in [2.05, 4.69) is 67.8 Å². The lowest BCUT2D eigenvalue weighted by molar-refractivity contribution is 0.112. The van der Waals surface area contributed by atoms with Crippen LogP contribution in [-0.4, -0.2) is 36.1 Å². The van der Waals surface area contributed by atoms with Crippen LogP contribution in [0.15, 0.2) is 30.3 Å². The van der Waals surface area contributed by atoms with Gasteiger partial charge in [0, 0.05) is 36.9 Å². The first-order valence-corrected chi connectivity index (χ1v) is 6.55. The zero-order chi connectivity index (χ0) is 12.5. The van der Waals surface area contributed by atoms with Crippen molar-refractivity contribution < 1.29 is 0 Å². The van der Waals surface area contributed by atoms with Crippen molar-refractivity contribution in [2.75, 3.05) is 24.5 Å². The number of hydrogen-bond donors (Lipinski definition) is 0. The second kappa shape index (κ2) is 4.69. The first-order valence-electron chi connectivity index (χ1n) is 6.55. The highest BCUT2D eigenvalue weighted by molar-refractivity contribution is 5.47. The predicted octanol–water partition coefficient (Wildman–Crippen LogP) is 3.00. The fourth-order valence-corrected chi connectivity index (χ4v) is 2.57. The summed E-state index contributed by atoms with van der Waals surface area (Å²) in [6.07, 6.45) is 0. The van der Waals surface area contributed by atoms with Gasteiger partial charge < -0.3 is 4.90 Å². The summed E-state index contributed by atoms with van der Waals surface area (Å²) in [5.41, 5.74) is 1.64. The van der Waals surface area contributed by atoms with Crippen molar-refractivity contribution in [1.29, 1.82) is 0 Å². The van der Waals surface area contributed by atoms with Gasteiger partial charge in [0.15, 0.2) is 0 Å². The molecule has 94 valence electrons. The first kappa shape index (κ1) is 12.4. The van der Waals surface area contributed by atoms with E-state index in [1.54, 1.807) is 0 Å². The minimum Gasteiger partial charge on any atom is -0.366 e. The highest BCUT2D eigenvalue weighted by Crippen LogP contribution is 2.23. The lowest BCUT2D eigenvalue weighted by Gasteiger charge is -2.46. The zero-order valence-electron chi connectivity index (χ0n) is 11.5. The molecule has 1 aliphatic rings. The third-order valence-electron chi connectivity index (χ3n) is 3.66. The molecule has 1 saturated heterocycles. The Morgan fingerprint density at radius 2 is 1.71 bits per heavy atom. The molecule has 0 bridgehead atoms. The third kappa shape index (κ3) is 2.81. The average molecular weight is 232 g/mol. The van der Waals surface area contributed by atoms with Gasteiger partial charge in [-0.25, -0.2) is 0 Å². The van der Waals surface area contributed by atoms with Gasteiger partial charge in [-0.2, -0.15) is 0 Å². The Bertz CT molecular complexity index is 353. The summed E-state index contributed by atoms with van der Waals surface area (Å²) in [5, 5.41) is 0. The van der Waals surface area contributed by atoms with Crippen molar-refractivity contribution in [3.05, 3.63) is 30.3 Å². The van der Waals surface area contributed by atoms with E-state index < -0.39 is 0 Å². The molecule has 1 heterocycles. The summed E-state index contributed by atoms with van der Waals surface area (Å²) in [4.78, 5) is 5.10. The van der Waals surface area contributed by atoms with Gasteiger partial charge in [0.05, 0.1) is 0 Å². The second-order valence-corrected chi connectivity index (χ2v) is 5.99. The fraction of sp³-hybridized carbons (Fsp3) is 0.600. The molecular formula is C15H24N2. The molecule has 1 fully saturated rings. The van der Waals surface area contributed by atoms with Gasteiger partial charge in [0.2, 0.25) is 0 Å². The number of piperazine rings is 1. The molecule has 0 saturated carbocycles. The molecule has 1 atom stereocenters. The summed E-state index contributed by atoms with van der Waals surface area (Å²) in [7, 11) is 0. The quantitative estimate of drug-likeness (QED) is 0.734. The number of hydrogen-bond acceptors (Lipinski definition) is 2. The van der Waals surface area contributed by atoms with Crippen molar-refractivity contribution in [1.82, 2.24) is 4.90 Å². The maximum absolute atomic E-state index is 2.58. The number of para-hydroxylation sites is 1. The molecule has 1 aromatic carbocycles. The van der Waals surface area contributed by atoms with Gasteiger partial charge in [0.1, 0.15) is 0 Å². The van der Waals surface area contributed by atoms with Crippen LogP contribution in [0.4, 0.5) is 5.69 Å². The van der Waals surface area contributed by atoms with Crippen molar-refractivity contribution in [2.24, 2.45) is 0 Å². The average Bonchev–Trinajstić information content (AvgIpc) is 2.29. The molecule has 0 radical (unpaired) electrons. The first-order chi connectivity index (χ1) is 7.98. The standard InChI is InChI=1S/C15H24N2/c1-13-12-16(15(2,3)4)10-11-17(13)14-8-6-5-7-9-14/h5-9,13H,10-12H2,1-4H3. The number of rotatable bonds is 1. The van der Waals surface area contributed by atoms with Gasteiger partial charge in [0.25, 0.3) is 0 Å². The van der Waals surface area contributed by atoms with E-state index in [4.69, 9.17) is 0 Å². The summed E-state index contributed by atoms with van der Waals surface area (Å²) in [6, 6.07) is 11.3. The smallest absolute Gasteiger partial charge is 0.0389 e. The minimum atomic E-state index is 0.289. The summed E-state index contributed by atoms with van der Waals surface area (Å²) in [5.74, 6) is 0. The predicted molar refractivity (Wildman–Crippen MR) is 74.6 cm³/mol. The van der Waals surface area contributed by atoms with E-state index in [0.717, 1.165) is 19.6 Å². The van der Waals surface area contributed by atoms with Crippen LogP contribution >= 0.6 is 0 Å². The van der Waals surface area contributed by atoms with Gasteiger partial charge in [-0.3, -0.25) is 4.90 Å². The van der Waals surface area contributed by atoms with E-state index in [0.29, 0.717) is 6.04 Å². The van der Waals surface area contributed by atoms with Crippen LogP contribution in [0.1, 0.15) is 27.7 Å². The van der Waals surface area contributed by atoms with Crippen LogP contribution in [0, 0.1) is 0 Å². The summed E-state index contributed by atoms with van der Waals surface area (Å²) >= 11 is 0. The van der Waals surface area contributed by atoms with E-state index in [-0.39, 0.29) is 5.54 Å². The van der Waals surface area contributed by atoms with Crippen molar-refractivity contribution in [3.63, 3.8) is 0 Å². The second-order valence-electron chi connectivity index (χ2n) is 5.99. The Morgan fingerprint density at radius 1 is 1.06 bits per heavy atom. The molecule has 1 unspecified atom stereocenters.